The second-order valence-electron chi connectivity index (χ2n) is 9.27. The molecule has 0 aliphatic carbocycles. The smallest absolute Gasteiger partial charge is 0.199 e. The molecule has 22 heavy (non-hydrogen) atoms. The van der Waals surface area contributed by atoms with Crippen molar-refractivity contribution < 1.29 is 4.79 Å². The zero-order valence-corrected chi connectivity index (χ0v) is 16.8. The Kier molecular flexibility index (Phi) is 5.35. The summed E-state index contributed by atoms with van der Waals surface area (Å²) in [4.78, 5) is 13.0. The van der Waals surface area contributed by atoms with Gasteiger partial charge in [-0.2, -0.15) is 0 Å². The summed E-state index contributed by atoms with van der Waals surface area (Å²) in [5.41, 5.74) is 0.852. The summed E-state index contributed by atoms with van der Waals surface area (Å²) in [5, 5.41) is 0.399. The molecule has 1 aromatic rings. The van der Waals surface area contributed by atoms with Crippen molar-refractivity contribution in [1.82, 2.24) is 0 Å². The van der Waals surface area contributed by atoms with Gasteiger partial charge in [0.15, 0.2) is 5.78 Å². The third-order valence-corrected chi connectivity index (χ3v) is 12.5. The maximum atomic E-state index is 13.0. The van der Waals surface area contributed by atoms with Crippen molar-refractivity contribution in [3.8, 4) is 0 Å². The number of carbonyl (C=O) groups excluding carboxylic acids is 1. The highest BCUT2D eigenvalue weighted by molar-refractivity contribution is 7.80. The molecule has 0 aliphatic rings. The minimum absolute atomic E-state index is 0.133. The summed E-state index contributed by atoms with van der Waals surface area (Å²) in [6, 6.07) is 9.78. The second kappa shape index (κ2) is 6.08. The quantitative estimate of drug-likeness (QED) is 0.473. The number of rotatable bonds is 3. The zero-order chi connectivity index (χ0) is 17.4. The molecular formula is C20H34OP+. The third-order valence-electron chi connectivity index (χ3n) is 4.91. The molecule has 0 unspecified atom stereocenters. The Morgan fingerprint density at radius 3 is 1.45 bits per heavy atom. The van der Waals surface area contributed by atoms with Gasteiger partial charge >= 0.3 is 0 Å². The van der Waals surface area contributed by atoms with E-state index >= 15 is 0 Å². The lowest BCUT2D eigenvalue weighted by atomic mass is 10.1. The first kappa shape index (κ1) is 19.4. The van der Waals surface area contributed by atoms with E-state index in [4.69, 9.17) is 0 Å². The van der Waals surface area contributed by atoms with Crippen molar-refractivity contribution in [2.45, 2.75) is 77.8 Å². The molecule has 0 heterocycles. The van der Waals surface area contributed by atoms with Crippen molar-refractivity contribution in [3.63, 3.8) is 0 Å². The van der Waals surface area contributed by atoms with Crippen LogP contribution in [0, 0.1) is 0 Å². The summed E-state index contributed by atoms with van der Waals surface area (Å²) in [7, 11) is -1.62. The van der Waals surface area contributed by atoms with Gasteiger partial charge in [-0.05, 0) is 62.3 Å². The monoisotopic (exact) mass is 321 g/mol. The Hall–Kier alpha value is -0.680. The SMILES string of the molecule is CC(C)(C)[P+](CC(=O)c1ccccc1)(C(C)(C)C)C(C)(C)C. The molecule has 2 heteroatoms. The molecule has 0 amide bonds. The van der Waals surface area contributed by atoms with Gasteiger partial charge in [-0.25, -0.2) is 0 Å². The first-order valence-electron chi connectivity index (χ1n) is 8.21. The van der Waals surface area contributed by atoms with Crippen LogP contribution in [-0.2, 0) is 0 Å². The van der Waals surface area contributed by atoms with Crippen LogP contribution >= 0.6 is 7.26 Å². The molecule has 0 radical (unpaired) electrons. The molecule has 0 saturated carbocycles. The van der Waals surface area contributed by atoms with Gasteiger partial charge in [0, 0.05) is 12.8 Å². The van der Waals surface area contributed by atoms with E-state index in [1.165, 1.54) is 0 Å². The molecule has 0 atom stereocenters. The van der Waals surface area contributed by atoms with Crippen LogP contribution in [0.15, 0.2) is 30.3 Å². The van der Waals surface area contributed by atoms with Gasteiger partial charge in [0.1, 0.15) is 6.16 Å². The van der Waals surface area contributed by atoms with E-state index in [0.29, 0.717) is 11.9 Å². The maximum Gasteiger partial charge on any atom is 0.199 e. The van der Waals surface area contributed by atoms with Crippen LogP contribution in [-0.4, -0.2) is 27.4 Å². The van der Waals surface area contributed by atoms with Crippen molar-refractivity contribution >= 4 is 13.0 Å². The Labute approximate surface area is 138 Å². The number of hydrogen-bond acceptors (Lipinski definition) is 1. The first-order chi connectivity index (χ1) is 9.74. The van der Waals surface area contributed by atoms with E-state index in [0.717, 1.165) is 5.56 Å². The van der Waals surface area contributed by atoms with Crippen LogP contribution in [0.5, 0.6) is 0 Å². The van der Waals surface area contributed by atoms with Crippen LogP contribution in [0.4, 0.5) is 0 Å². The molecule has 0 bridgehead atoms. The summed E-state index contributed by atoms with van der Waals surface area (Å²) >= 11 is 0. The Morgan fingerprint density at radius 1 is 0.773 bits per heavy atom. The van der Waals surface area contributed by atoms with Gasteiger partial charge < -0.3 is 0 Å². The predicted octanol–water partition coefficient (Wildman–Crippen LogP) is 6.28. The van der Waals surface area contributed by atoms with Crippen molar-refractivity contribution in [2.24, 2.45) is 0 Å². The van der Waals surface area contributed by atoms with Crippen LogP contribution in [0.3, 0.4) is 0 Å². The molecule has 0 N–H and O–H groups in total. The summed E-state index contributed by atoms with van der Waals surface area (Å²) in [6.45, 7) is 21.0. The average Bonchev–Trinajstić information content (AvgIpc) is 2.32. The lowest BCUT2D eigenvalue weighted by Crippen LogP contribution is -2.46. The van der Waals surface area contributed by atoms with Crippen LogP contribution < -0.4 is 0 Å². The summed E-state index contributed by atoms with van der Waals surface area (Å²) in [6.07, 6.45) is 0.688. The van der Waals surface area contributed by atoms with Crippen LogP contribution in [0.1, 0.15) is 72.7 Å². The van der Waals surface area contributed by atoms with E-state index < -0.39 is 7.26 Å². The number of benzene rings is 1. The van der Waals surface area contributed by atoms with Crippen molar-refractivity contribution in [1.29, 1.82) is 0 Å². The van der Waals surface area contributed by atoms with Gasteiger partial charge in [-0.1, -0.05) is 30.3 Å². The van der Waals surface area contributed by atoms with Gasteiger partial charge in [0.25, 0.3) is 0 Å². The zero-order valence-electron chi connectivity index (χ0n) is 15.9. The fourth-order valence-corrected chi connectivity index (χ4v) is 12.7. The predicted molar refractivity (Wildman–Crippen MR) is 102 cm³/mol. The number of hydrogen-bond donors (Lipinski definition) is 0. The van der Waals surface area contributed by atoms with Gasteiger partial charge in [0.05, 0.1) is 15.5 Å². The Morgan fingerprint density at radius 2 is 1.14 bits per heavy atom. The topological polar surface area (TPSA) is 17.1 Å². The highest BCUT2D eigenvalue weighted by Gasteiger charge is 2.65. The molecular weight excluding hydrogens is 287 g/mol. The minimum atomic E-state index is -1.62. The van der Waals surface area contributed by atoms with Gasteiger partial charge in [-0.3, -0.25) is 4.79 Å². The van der Waals surface area contributed by atoms with E-state index in [9.17, 15) is 4.79 Å². The molecule has 124 valence electrons. The van der Waals surface area contributed by atoms with E-state index in [2.05, 4.69) is 62.3 Å². The molecule has 1 nitrogen and oxygen atoms in total. The fraction of sp³-hybridized carbons (Fsp3) is 0.650. The minimum Gasteiger partial charge on any atom is -0.290 e. The number of ketones is 1. The van der Waals surface area contributed by atoms with Crippen molar-refractivity contribution in [2.75, 3.05) is 6.16 Å². The normalized spacial score (nSPS) is 14.0. The third kappa shape index (κ3) is 3.46. The lowest BCUT2D eigenvalue weighted by Gasteiger charge is -2.54. The van der Waals surface area contributed by atoms with Crippen LogP contribution in [0.2, 0.25) is 0 Å². The Bertz CT molecular complexity index is 473. The highest BCUT2D eigenvalue weighted by Crippen LogP contribution is 2.83. The summed E-state index contributed by atoms with van der Waals surface area (Å²) in [5.74, 6) is 0.300. The van der Waals surface area contributed by atoms with E-state index in [-0.39, 0.29) is 15.5 Å². The first-order valence-corrected chi connectivity index (χ1v) is 10.2. The number of Topliss-reactive ketones (excluding diaryl/α,β-unsaturated/α-hetero) is 1. The van der Waals surface area contributed by atoms with Gasteiger partial charge in [-0.15, -0.1) is 0 Å². The molecule has 0 aromatic heterocycles. The standard InChI is InChI=1S/C20H34OP/c1-18(2,3)22(19(4,5)6,20(7,8)9)15-17(21)16-13-11-10-12-14-16/h10-14H,15H2,1-9H3/q+1. The van der Waals surface area contributed by atoms with Crippen molar-refractivity contribution in [3.05, 3.63) is 35.9 Å². The second-order valence-corrected chi connectivity index (χ2v) is 15.2. The average molecular weight is 321 g/mol. The number of carbonyl (C=O) groups is 1. The molecule has 0 saturated heterocycles. The van der Waals surface area contributed by atoms with Crippen LogP contribution in [0.25, 0.3) is 0 Å². The fourth-order valence-electron chi connectivity index (χ4n) is 4.66. The highest BCUT2D eigenvalue weighted by atomic mass is 31.2. The van der Waals surface area contributed by atoms with Gasteiger partial charge in [0.2, 0.25) is 0 Å². The molecule has 0 fully saturated rings. The largest absolute Gasteiger partial charge is 0.290 e. The Balaban J connectivity index is 3.43. The maximum absolute atomic E-state index is 13.0. The molecule has 1 aromatic carbocycles. The summed E-state index contributed by atoms with van der Waals surface area (Å²) < 4.78 is 0. The molecule has 0 aliphatic heterocycles. The van der Waals surface area contributed by atoms with E-state index in [1.54, 1.807) is 0 Å². The molecule has 0 spiro atoms. The lowest BCUT2D eigenvalue weighted by molar-refractivity contribution is 0.101. The van der Waals surface area contributed by atoms with E-state index in [1.807, 2.05) is 30.3 Å². The molecule has 1 rings (SSSR count).